The van der Waals surface area contributed by atoms with Gasteiger partial charge in [0.25, 0.3) is 0 Å². The van der Waals surface area contributed by atoms with Crippen LogP contribution in [0.25, 0.3) is 0 Å². The molecule has 0 aromatic heterocycles. The normalized spacial score (nSPS) is 13.3. The fourth-order valence-electron chi connectivity index (χ4n) is 1.69. The average molecular weight is 389 g/mol. The fourth-order valence-corrected chi connectivity index (χ4v) is 3.28. The molecule has 0 saturated carbocycles. The maximum atomic E-state index is 12.5. The van der Waals surface area contributed by atoms with Gasteiger partial charge in [-0.2, -0.15) is 13.2 Å². The number of anilines is 1. The molecular formula is C12H16BrF3N2O2S. The molecule has 0 amide bonds. The van der Waals surface area contributed by atoms with Crippen LogP contribution in [0.1, 0.15) is 19.4 Å². The van der Waals surface area contributed by atoms with Gasteiger partial charge in [-0.05, 0) is 48.0 Å². The van der Waals surface area contributed by atoms with E-state index in [9.17, 15) is 21.6 Å². The van der Waals surface area contributed by atoms with E-state index in [4.69, 9.17) is 0 Å². The summed E-state index contributed by atoms with van der Waals surface area (Å²) in [5, 5.41) is 2.91. The zero-order valence-corrected chi connectivity index (χ0v) is 14.1. The molecule has 9 heteroatoms. The molecule has 21 heavy (non-hydrogen) atoms. The standard InChI is InChI=1S/C12H16BrF3N2O2S/c1-11(2,18-21(3,19)20)7-17-10-5-4-8(6-9(10)13)12(14,15)16/h4-6,17-18H,7H2,1-3H3. The van der Waals surface area contributed by atoms with E-state index in [1.807, 2.05) is 0 Å². The van der Waals surface area contributed by atoms with Crippen LogP contribution in [-0.2, 0) is 16.2 Å². The number of alkyl halides is 3. The zero-order chi connectivity index (χ0) is 16.5. The predicted molar refractivity (Wildman–Crippen MR) is 79.7 cm³/mol. The van der Waals surface area contributed by atoms with Gasteiger partial charge in [-0.3, -0.25) is 0 Å². The number of nitrogens with one attached hydrogen (secondary N) is 2. The Balaban J connectivity index is 2.81. The van der Waals surface area contributed by atoms with Gasteiger partial charge in [-0.15, -0.1) is 0 Å². The van der Waals surface area contributed by atoms with Crippen molar-refractivity contribution in [2.45, 2.75) is 25.6 Å². The Morgan fingerprint density at radius 2 is 1.81 bits per heavy atom. The van der Waals surface area contributed by atoms with Crippen molar-refractivity contribution in [3.8, 4) is 0 Å². The summed E-state index contributed by atoms with van der Waals surface area (Å²) in [6.07, 6.45) is -3.36. The third-order valence-corrected chi connectivity index (χ3v) is 4.06. The van der Waals surface area contributed by atoms with Crippen LogP contribution in [-0.4, -0.2) is 26.8 Å². The first-order chi connectivity index (χ1) is 9.30. The van der Waals surface area contributed by atoms with Crippen LogP contribution < -0.4 is 10.0 Å². The smallest absolute Gasteiger partial charge is 0.382 e. The van der Waals surface area contributed by atoms with Crippen LogP contribution in [0.15, 0.2) is 22.7 Å². The lowest BCUT2D eigenvalue weighted by molar-refractivity contribution is -0.137. The van der Waals surface area contributed by atoms with Crippen molar-refractivity contribution in [1.82, 2.24) is 4.72 Å². The first-order valence-electron chi connectivity index (χ1n) is 5.90. The van der Waals surface area contributed by atoms with Crippen molar-refractivity contribution in [3.05, 3.63) is 28.2 Å². The summed E-state index contributed by atoms with van der Waals surface area (Å²) < 4.78 is 62.7. The molecule has 120 valence electrons. The lowest BCUT2D eigenvalue weighted by atomic mass is 10.1. The number of hydrogen-bond donors (Lipinski definition) is 2. The van der Waals surface area contributed by atoms with Crippen molar-refractivity contribution in [1.29, 1.82) is 0 Å². The van der Waals surface area contributed by atoms with Gasteiger partial charge in [0, 0.05) is 22.2 Å². The van der Waals surface area contributed by atoms with Gasteiger partial charge in [0.15, 0.2) is 0 Å². The topological polar surface area (TPSA) is 58.2 Å². The van der Waals surface area contributed by atoms with Gasteiger partial charge in [-0.1, -0.05) is 0 Å². The molecule has 0 spiro atoms. The van der Waals surface area contributed by atoms with E-state index in [2.05, 4.69) is 26.0 Å². The first kappa shape index (κ1) is 18.2. The van der Waals surface area contributed by atoms with Crippen molar-refractivity contribution in [3.63, 3.8) is 0 Å². The first-order valence-corrected chi connectivity index (χ1v) is 8.58. The second-order valence-electron chi connectivity index (χ2n) is 5.30. The zero-order valence-electron chi connectivity index (χ0n) is 11.7. The number of sulfonamides is 1. The Labute approximate surface area is 130 Å². The maximum absolute atomic E-state index is 12.5. The van der Waals surface area contributed by atoms with Gasteiger partial charge in [0.2, 0.25) is 10.0 Å². The van der Waals surface area contributed by atoms with Crippen molar-refractivity contribution >= 4 is 31.6 Å². The molecule has 0 radical (unpaired) electrons. The Morgan fingerprint density at radius 1 is 1.24 bits per heavy atom. The van der Waals surface area contributed by atoms with E-state index in [-0.39, 0.29) is 11.0 Å². The molecule has 0 atom stereocenters. The second-order valence-corrected chi connectivity index (χ2v) is 7.91. The summed E-state index contributed by atoms with van der Waals surface area (Å²) in [6, 6.07) is 3.23. The molecule has 0 unspecified atom stereocenters. The molecule has 4 nitrogen and oxygen atoms in total. The van der Waals surface area contributed by atoms with Gasteiger partial charge >= 0.3 is 6.18 Å². The minimum atomic E-state index is -4.40. The summed E-state index contributed by atoms with van der Waals surface area (Å²) in [7, 11) is -3.37. The quantitative estimate of drug-likeness (QED) is 0.813. The van der Waals surface area contributed by atoms with E-state index >= 15 is 0 Å². The summed E-state index contributed by atoms with van der Waals surface area (Å²) in [4.78, 5) is 0. The molecule has 0 heterocycles. The Kier molecular flexibility index (Phi) is 5.33. The molecule has 0 aliphatic rings. The maximum Gasteiger partial charge on any atom is 0.416 e. The van der Waals surface area contributed by atoms with Gasteiger partial charge in [0.1, 0.15) is 0 Å². The van der Waals surface area contributed by atoms with Gasteiger partial charge < -0.3 is 5.32 Å². The lowest BCUT2D eigenvalue weighted by Gasteiger charge is -2.26. The van der Waals surface area contributed by atoms with Crippen LogP contribution in [0, 0.1) is 0 Å². The summed E-state index contributed by atoms with van der Waals surface area (Å²) in [5.41, 5.74) is -1.09. The third-order valence-electron chi connectivity index (χ3n) is 2.48. The Hall–Kier alpha value is -0.800. The molecule has 0 bridgehead atoms. The molecule has 0 aliphatic heterocycles. The SMILES string of the molecule is CC(C)(CNc1ccc(C(F)(F)F)cc1Br)NS(C)(=O)=O. The predicted octanol–water partition coefficient (Wildman–Crippen LogP) is 3.21. The molecule has 0 fully saturated rings. The number of rotatable bonds is 5. The van der Waals surface area contributed by atoms with Crippen molar-refractivity contribution in [2.24, 2.45) is 0 Å². The molecule has 1 aromatic carbocycles. The highest BCUT2D eigenvalue weighted by Crippen LogP contribution is 2.34. The minimum Gasteiger partial charge on any atom is -0.382 e. The Morgan fingerprint density at radius 3 is 2.24 bits per heavy atom. The summed E-state index contributed by atoms with van der Waals surface area (Å²) >= 11 is 3.07. The number of benzene rings is 1. The average Bonchev–Trinajstić information content (AvgIpc) is 2.22. The van der Waals surface area contributed by atoms with E-state index in [0.29, 0.717) is 5.69 Å². The molecular weight excluding hydrogens is 373 g/mol. The van der Waals surface area contributed by atoms with Gasteiger partial charge in [-0.25, -0.2) is 13.1 Å². The van der Waals surface area contributed by atoms with Gasteiger partial charge in [0.05, 0.1) is 11.8 Å². The highest BCUT2D eigenvalue weighted by molar-refractivity contribution is 9.10. The fraction of sp³-hybridized carbons (Fsp3) is 0.500. The highest BCUT2D eigenvalue weighted by atomic mass is 79.9. The lowest BCUT2D eigenvalue weighted by Crippen LogP contribution is -2.47. The van der Waals surface area contributed by atoms with Crippen LogP contribution in [0.2, 0.25) is 0 Å². The van der Waals surface area contributed by atoms with E-state index in [1.54, 1.807) is 13.8 Å². The van der Waals surface area contributed by atoms with E-state index < -0.39 is 27.3 Å². The monoisotopic (exact) mass is 388 g/mol. The van der Waals surface area contributed by atoms with Crippen molar-refractivity contribution < 1.29 is 21.6 Å². The molecule has 0 aliphatic carbocycles. The number of hydrogen-bond acceptors (Lipinski definition) is 3. The van der Waals surface area contributed by atoms with Crippen molar-refractivity contribution in [2.75, 3.05) is 18.1 Å². The van der Waals surface area contributed by atoms with Crippen LogP contribution >= 0.6 is 15.9 Å². The summed E-state index contributed by atoms with van der Waals surface area (Å²) in [5.74, 6) is 0. The second kappa shape index (κ2) is 6.13. The minimum absolute atomic E-state index is 0.212. The molecule has 1 rings (SSSR count). The Bertz CT molecular complexity index is 615. The van der Waals surface area contributed by atoms with Crippen LogP contribution in [0.5, 0.6) is 0 Å². The third kappa shape index (κ3) is 6.23. The summed E-state index contributed by atoms with van der Waals surface area (Å²) in [6.45, 7) is 3.54. The molecule has 1 aromatic rings. The van der Waals surface area contributed by atoms with Crippen LogP contribution in [0.3, 0.4) is 0 Å². The van der Waals surface area contributed by atoms with E-state index in [1.165, 1.54) is 6.07 Å². The van der Waals surface area contributed by atoms with Crippen LogP contribution in [0.4, 0.5) is 18.9 Å². The number of halogens is 4. The molecule has 2 N–H and O–H groups in total. The van der Waals surface area contributed by atoms with E-state index in [0.717, 1.165) is 18.4 Å². The largest absolute Gasteiger partial charge is 0.416 e. The molecule has 0 saturated heterocycles. The highest BCUT2D eigenvalue weighted by Gasteiger charge is 2.31.